The van der Waals surface area contributed by atoms with Crippen LogP contribution in [0.2, 0.25) is 0 Å². The number of amides is 2. The number of esters is 1. The first-order chi connectivity index (χ1) is 12.0. The molecule has 2 aliphatic rings. The van der Waals surface area contributed by atoms with Gasteiger partial charge in [0.2, 0.25) is 0 Å². The second kappa shape index (κ2) is 7.17. The molecule has 0 unspecified atom stereocenters. The van der Waals surface area contributed by atoms with Crippen LogP contribution in [0.5, 0.6) is 5.75 Å². The topological polar surface area (TPSA) is 67.9 Å². The van der Waals surface area contributed by atoms with Gasteiger partial charge in [-0.25, -0.2) is 9.59 Å². The number of rotatable bonds is 6. The highest BCUT2D eigenvalue weighted by atomic mass is 16.5. The van der Waals surface area contributed by atoms with Crippen molar-refractivity contribution in [1.82, 2.24) is 10.2 Å². The van der Waals surface area contributed by atoms with E-state index in [0.717, 1.165) is 17.7 Å². The zero-order valence-electron chi connectivity index (χ0n) is 14.9. The lowest BCUT2D eigenvalue weighted by Gasteiger charge is -2.33. The number of cyclic esters (lactones) is 1. The Labute approximate surface area is 147 Å². The number of carbonyl (C=O) groups excluding carboxylic acids is 2. The molecular formula is C19H24N2O4. The zero-order chi connectivity index (χ0) is 18.0. The van der Waals surface area contributed by atoms with Crippen molar-refractivity contribution in [3.8, 4) is 5.75 Å². The molecule has 134 valence electrons. The van der Waals surface area contributed by atoms with Crippen molar-refractivity contribution in [1.29, 1.82) is 0 Å². The van der Waals surface area contributed by atoms with E-state index < -0.39 is 6.04 Å². The van der Waals surface area contributed by atoms with Crippen LogP contribution in [0.3, 0.4) is 0 Å². The maximum atomic E-state index is 12.6. The van der Waals surface area contributed by atoms with Gasteiger partial charge >= 0.3 is 12.0 Å². The van der Waals surface area contributed by atoms with Gasteiger partial charge in [0.05, 0.1) is 23.9 Å². The molecule has 6 nitrogen and oxygen atoms in total. The molecule has 0 saturated heterocycles. The number of nitrogens with one attached hydrogen (secondary N) is 1. The fourth-order valence-corrected chi connectivity index (χ4v) is 3.11. The average molecular weight is 344 g/mol. The Morgan fingerprint density at radius 2 is 2.00 bits per heavy atom. The van der Waals surface area contributed by atoms with Crippen molar-refractivity contribution >= 4 is 12.0 Å². The minimum atomic E-state index is -0.483. The smallest absolute Gasteiger partial charge is 0.338 e. The SMILES string of the molecule is CCOc1ccc([C@@H]2NC(=O)N(CCC(C)C)C3=C2C(=O)OC3)cc1. The zero-order valence-corrected chi connectivity index (χ0v) is 14.9. The van der Waals surface area contributed by atoms with E-state index in [9.17, 15) is 9.59 Å². The van der Waals surface area contributed by atoms with Crippen molar-refractivity contribution in [3.63, 3.8) is 0 Å². The molecular weight excluding hydrogens is 320 g/mol. The van der Waals surface area contributed by atoms with E-state index in [1.54, 1.807) is 4.90 Å². The van der Waals surface area contributed by atoms with Gasteiger partial charge in [-0.1, -0.05) is 26.0 Å². The molecule has 1 atom stereocenters. The molecule has 2 amide bonds. The second-order valence-corrected chi connectivity index (χ2v) is 6.66. The predicted octanol–water partition coefficient (Wildman–Crippen LogP) is 3.01. The highest BCUT2D eigenvalue weighted by Crippen LogP contribution is 2.35. The highest BCUT2D eigenvalue weighted by molar-refractivity contribution is 5.97. The number of ether oxygens (including phenoxy) is 2. The van der Waals surface area contributed by atoms with Crippen LogP contribution in [0.1, 0.15) is 38.8 Å². The summed E-state index contributed by atoms with van der Waals surface area (Å²) >= 11 is 0. The lowest BCUT2D eigenvalue weighted by atomic mass is 9.95. The van der Waals surface area contributed by atoms with E-state index in [4.69, 9.17) is 9.47 Å². The third kappa shape index (κ3) is 3.48. The second-order valence-electron chi connectivity index (χ2n) is 6.66. The normalized spacial score (nSPS) is 19.8. The van der Waals surface area contributed by atoms with Crippen molar-refractivity contribution < 1.29 is 19.1 Å². The molecule has 25 heavy (non-hydrogen) atoms. The van der Waals surface area contributed by atoms with E-state index in [0.29, 0.717) is 30.3 Å². The number of benzene rings is 1. The highest BCUT2D eigenvalue weighted by Gasteiger charge is 2.41. The van der Waals surface area contributed by atoms with Crippen molar-refractivity contribution in [3.05, 3.63) is 41.1 Å². The van der Waals surface area contributed by atoms with E-state index in [1.807, 2.05) is 31.2 Å². The van der Waals surface area contributed by atoms with E-state index in [-0.39, 0.29) is 18.6 Å². The van der Waals surface area contributed by atoms with Gasteiger partial charge in [-0.15, -0.1) is 0 Å². The molecule has 0 fully saturated rings. The first kappa shape index (κ1) is 17.3. The van der Waals surface area contributed by atoms with Crippen molar-refractivity contribution in [2.24, 2.45) is 5.92 Å². The van der Waals surface area contributed by atoms with Crippen molar-refractivity contribution in [2.75, 3.05) is 19.8 Å². The van der Waals surface area contributed by atoms with Crippen LogP contribution in [0.25, 0.3) is 0 Å². The summed E-state index contributed by atoms with van der Waals surface area (Å²) in [6, 6.07) is 6.76. The van der Waals surface area contributed by atoms with Gasteiger partial charge < -0.3 is 14.8 Å². The number of nitrogens with zero attached hydrogens (tertiary/aromatic N) is 1. The predicted molar refractivity (Wildman–Crippen MR) is 93.0 cm³/mol. The van der Waals surface area contributed by atoms with E-state index in [2.05, 4.69) is 19.2 Å². The molecule has 0 aliphatic carbocycles. The molecule has 2 heterocycles. The minimum absolute atomic E-state index is 0.160. The number of hydrogen-bond donors (Lipinski definition) is 1. The Hall–Kier alpha value is -2.50. The van der Waals surface area contributed by atoms with Crippen LogP contribution >= 0.6 is 0 Å². The molecule has 2 aliphatic heterocycles. The van der Waals surface area contributed by atoms with Crippen LogP contribution in [0.15, 0.2) is 35.5 Å². The van der Waals surface area contributed by atoms with Crippen molar-refractivity contribution in [2.45, 2.75) is 33.2 Å². The molecule has 3 rings (SSSR count). The molecule has 0 saturated carbocycles. The maximum Gasteiger partial charge on any atom is 0.338 e. The summed E-state index contributed by atoms with van der Waals surface area (Å²) in [6.45, 7) is 7.47. The molecule has 1 aromatic carbocycles. The van der Waals surface area contributed by atoms with Gasteiger partial charge in [0.1, 0.15) is 12.4 Å². The summed E-state index contributed by atoms with van der Waals surface area (Å²) in [5, 5.41) is 2.95. The number of carbonyl (C=O) groups is 2. The first-order valence-electron chi connectivity index (χ1n) is 8.72. The third-order valence-corrected chi connectivity index (χ3v) is 4.45. The van der Waals surface area contributed by atoms with Gasteiger partial charge in [0.25, 0.3) is 0 Å². The van der Waals surface area contributed by atoms with E-state index in [1.165, 1.54) is 0 Å². The standard InChI is InChI=1S/C19H24N2O4/c1-4-24-14-7-5-13(6-8-14)17-16-15(11-25-18(16)22)21(19(23)20-17)10-9-12(2)3/h5-8,12,17H,4,9-11H2,1-3H3,(H,20,23)/t17-/m0/s1. The van der Waals surface area contributed by atoms with E-state index >= 15 is 0 Å². The Balaban J connectivity index is 1.90. The summed E-state index contributed by atoms with van der Waals surface area (Å²) in [5.41, 5.74) is 2.06. The quantitative estimate of drug-likeness (QED) is 0.806. The van der Waals surface area contributed by atoms with Crippen LogP contribution < -0.4 is 10.1 Å². The van der Waals surface area contributed by atoms with Crippen LogP contribution in [0, 0.1) is 5.92 Å². The largest absolute Gasteiger partial charge is 0.494 e. The fourth-order valence-electron chi connectivity index (χ4n) is 3.11. The average Bonchev–Trinajstić information content (AvgIpc) is 2.96. The maximum absolute atomic E-state index is 12.6. The summed E-state index contributed by atoms with van der Waals surface area (Å²) in [4.78, 5) is 26.5. The molecule has 1 aromatic rings. The molecule has 0 bridgehead atoms. The summed E-state index contributed by atoms with van der Waals surface area (Å²) < 4.78 is 10.7. The lowest BCUT2D eigenvalue weighted by molar-refractivity contribution is -0.136. The fraction of sp³-hybridized carbons (Fsp3) is 0.474. The molecule has 0 radical (unpaired) electrons. The number of urea groups is 1. The first-order valence-corrected chi connectivity index (χ1v) is 8.72. The summed E-state index contributed by atoms with van der Waals surface area (Å²) in [5.74, 6) is 0.872. The Kier molecular flexibility index (Phi) is 4.97. The van der Waals surface area contributed by atoms with Crippen LogP contribution in [-0.4, -0.2) is 36.7 Å². The molecule has 6 heteroatoms. The Morgan fingerprint density at radius 3 is 2.64 bits per heavy atom. The number of hydrogen-bond acceptors (Lipinski definition) is 4. The van der Waals surface area contributed by atoms with Gasteiger partial charge in [-0.2, -0.15) is 0 Å². The molecule has 1 N–H and O–H groups in total. The molecule has 0 aromatic heterocycles. The molecule has 0 spiro atoms. The third-order valence-electron chi connectivity index (χ3n) is 4.45. The minimum Gasteiger partial charge on any atom is -0.494 e. The van der Waals surface area contributed by atoms with Crippen LogP contribution in [0.4, 0.5) is 4.79 Å². The Morgan fingerprint density at radius 1 is 1.28 bits per heavy atom. The van der Waals surface area contributed by atoms with Gasteiger partial charge in [0, 0.05) is 6.54 Å². The Bertz CT molecular complexity index is 694. The van der Waals surface area contributed by atoms with Crippen LogP contribution in [-0.2, 0) is 9.53 Å². The summed E-state index contributed by atoms with van der Waals surface area (Å²) in [7, 11) is 0. The monoisotopic (exact) mass is 344 g/mol. The van der Waals surface area contributed by atoms with Gasteiger partial charge in [-0.3, -0.25) is 4.90 Å². The van der Waals surface area contributed by atoms with Gasteiger partial charge in [-0.05, 0) is 37.0 Å². The summed E-state index contributed by atoms with van der Waals surface area (Å²) in [6.07, 6.45) is 0.867. The van der Waals surface area contributed by atoms with Gasteiger partial charge in [0.15, 0.2) is 0 Å². The lowest BCUT2D eigenvalue weighted by Crippen LogP contribution is -2.47.